The number of carbonyl (C=O) groups is 3. The molecule has 0 unspecified atom stereocenters. The molecular formula is C17H24N2O4. The number of nitrogens with zero attached hydrogens (tertiary/aromatic N) is 1. The van der Waals surface area contributed by atoms with Crippen molar-refractivity contribution in [1.29, 1.82) is 0 Å². The summed E-state index contributed by atoms with van der Waals surface area (Å²) in [4.78, 5) is 36.0. The standard InChI is InChI=1S/C17H24N2O4/c1-19(2)15(20)10-5-4-7-13-8-6-9-14(11-13)17(22)18-12-16(21)23-3/h6,8-9,11H,4-5,7,10,12H2,1-3H3,(H,18,22). The third-order valence-electron chi connectivity index (χ3n) is 3.42. The molecule has 0 aliphatic heterocycles. The van der Waals surface area contributed by atoms with Crippen molar-refractivity contribution in [3.63, 3.8) is 0 Å². The predicted octanol–water partition coefficient (Wildman–Crippen LogP) is 1.39. The Morgan fingerprint density at radius 2 is 1.91 bits per heavy atom. The van der Waals surface area contributed by atoms with Gasteiger partial charge in [-0.15, -0.1) is 0 Å². The number of benzene rings is 1. The van der Waals surface area contributed by atoms with Crippen molar-refractivity contribution >= 4 is 17.8 Å². The van der Waals surface area contributed by atoms with Crippen LogP contribution in [0.2, 0.25) is 0 Å². The van der Waals surface area contributed by atoms with Crippen molar-refractivity contribution in [3.05, 3.63) is 35.4 Å². The molecule has 23 heavy (non-hydrogen) atoms. The Kier molecular flexibility index (Phi) is 7.80. The highest BCUT2D eigenvalue weighted by atomic mass is 16.5. The maximum absolute atomic E-state index is 11.9. The first kappa shape index (κ1) is 18.7. The summed E-state index contributed by atoms with van der Waals surface area (Å²) in [6, 6.07) is 7.27. The van der Waals surface area contributed by atoms with Gasteiger partial charge in [0.1, 0.15) is 6.54 Å². The van der Waals surface area contributed by atoms with Crippen molar-refractivity contribution in [2.24, 2.45) is 0 Å². The molecule has 0 aliphatic rings. The highest BCUT2D eigenvalue weighted by Crippen LogP contribution is 2.10. The fraction of sp³-hybridized carbons (Fsp3) is 0.471. The second-order valence-electron chi connectivity index (χ2n) is 5.45. The van der Waals surface area contributed by atoms with Crippen LogP contribution >= 0.6 is 0 Å². The van der Waals surface area contributed by atoms with Crippen LogP contribution in [0.3, 0.4) is 0 Å². The summed E-state index contributed by atoms with van der Waals surface area (Å²) in [5.41, 5.74) is 1.55. The van der Waals surface area contributed by atoms with Gasteiger partial charge in [-0.3, -0.25) is 14.4 Å². The number of methoxy groups -OCH3 is 1. The molecule has 1 aromatic carbocycles. The number of carbonyl (C=O) groups excluding carboxylic acids is 3. The molecule has 1 rings (SSSR count). The molecule has 0 aliphatic carbocycles. The number of amides is 2. The highest BCUT2D eigenvalue weighted by Gasteiger charge is 2.09. The van der Waals surface area contributed by atoms with E-state index < -0.39 is 5.97 Å². The SMILES string of the molecule is COC(=O)CNC(=O)c1cccc(CCCCC(=O)N(C)C)c1. The summed E-state index contributed by atoms with van der Waals surface area (Å²) in [5, 5.41) is 2.51. The minimum Gasteiger partial charge on any atom is -0.468 e. The lowest BCUT2D eigenvalue weighted by atomic mass is 10.0. The Morgan fingerprint density at radius 3 is 2.57 bits per heavy atom. The van der Waals surface area contributed by atoms with E-state index in [0.29, 0.717) is 12.0 Å². The van der Waals surface area contributed by atoms with Crippen LogP contribution in [0.5, 0.6) is 0 Å². The van der Waals surface area contributed by atoms with Gasteiger partial charge in [-0.25, -0.2) is 0 Å². The summed E-state index contributed by atoms with van der Waals surface area (Å²) in [6.07, 6.45) is 3.04. The predicted molar refractivity (Wildman–Crippen MR) is 87.0 cm³/mol. The van der Waals surface area contributed by atoms with Crippen molar-refractivity contribution in [3.8, 4) is 0 Å². The quantitative estimate of drug-likeness (QED) is 0.580. The number of ether oxygens (including phenoxy) is 1. The molecule has 0 bridgehead atoms. The van der Waals surface area contributed by atoms with Gasteiger partial charge >= 0.3 is 5.97 Å². The third-order valence-corrected chi connectivity index (χ3v) is 3.42. The fourth-order valence-electron chi connectivity index (χ4n) is 2.02. The molecular weight excluding hydrogens is 296 g/mol. The minimum atomic E-state index is -0.486. The topological polar surface area (TPSA) is 75.7 Å². The average Bonchev–Trinajstić information content (AvgIpc) is 2.56. The Labute approximate surface area is 136 Å². The zero-order valence-corrected chi connectivity index (χ0v) is 13.9. The van der Waals surface area contributed by atoms with Gasteiger partial charge in [0.25, 0.3) is 5.91 Å². The fourth-order valence-corrected chi connectivity index (χ4v) is 2.02. The van der Waals surface area contributed by atoms with Crippen LogP contribution in [0.1, 0.15) is 35.2 Å². The lowest BCUT2D eigenvalue weighted by molar-refractivity contribution is -0.139. The van der Waals surface area contributed by atoms with Gasteiger partial charge in [-0.1, -0.05) is 12.1 Å². The molecule has 0 heterocycles. The molecule has 1 N–H and O–H groups in total. The molecule has 0 saturated carbocycles. The van der Waals surface area contributed by atoms with Crippen LogP contribution in [-0.2, 0) is 20.7 Å². The average molecular weight is 320 g/mol. The van der Waals surface area contributed by atoms with Gasteiger partial charge in [-0.05, 0) is 37.0 Å². The lowest BCUT2D eigenvalue weighted by Gasteiger charge is -2.10. The maximum atomic E-state index is 11.9. The van der Waals surface area contributed by atoms with Gasteiger partial charge in [0, 0.05) is 26.1 Å². The Morgan fingerprint density at radius 1 is 1.17 bits per heavy atom. The lowest BCUT2D eigenvalue weighted by Crippen LogP contribution is -2.30. The molecule has 6 heteroatoms. The molecule has 0 saturated heterocycles. The molecule has 0 spiro atoms. The van der Waals surface area contributed by atoms with Crippen LogP contribution in [0.4, 0.5) is 0 Å². The normalized spacial score (nSPS) is 10.0. The van der Waals surface area contributed by atoms with E-state index in [1.165, 1.54) is 7.11 Å². The van der Waals surface area contributed by atoms with Crippen LogP contribution in [-0.4, -0.2) is 50.4 Å². The zero-order valence-electron chi connectivity index (χ0n) is 13.9. The molecule has 0 radical (unpaired) electrons. The third kappa shape index (κ3) is 6.95. The summed E-state index contributed by atoms with van der Waals surface area (Å²) in [5.74, 6) is -0.666. The van der Waals surface area contributed by atoms with E-state index in [0.717, 1.165) is 24.8 Å². The molecule has 2 amide bonds. The Hall–Kier alpha value is -2.37. The molecule has 0 atom stereocenters. The zero-order chi connectivity index (χ0) is 17.2. The van der Waals surface area contributed by atoms with E-state index in [9.17, 15) is 14.4 Å². The first-order chi connectivity index (χ1) is 10.9. The van der Waals surface area contributed by atoms with Crippen LogP contribution in [0.25, 0.3) is 0 Å². The first-order valence-corrected chi connectivity index (χ1v) is 7.58. The number of unbranched alkanes of at least 4 members (excludes halogenated alkanes) is 1. The van der Waals surface area contributed by atoms with Gasteiger partial charge in [0.2, 0.25) is 5.91 Å². The van der Waals surface area contributed by atoms with E-state index in [1.54, 1.807) is 31.1 Å². The van der Waals surface area contributed by atoms with E-state index in [2.05, 4.69) is 10.1 Å². The number of hydrogen-bond donors (Lipinski definition) is 1. The summed E-state index contributed by atoms with van der Waals surface area (Å²) in [6.45, 7) is -0.147. The Bertz CT molecular complexity index is 555. The molecule has 1 aromatic rings. The second kappa shape index (κ2) is 9.61. The van der Waals surface area contributed by atoms with Crippen LogP contribution < -0.4 is 5.32 Å². The van der Waals surface area contributed by atoms with Gasteiger partial charge < -0.3 is 15.0 Å². The van der Waals surface area contributed by atoms with E-state index in [1.807, 2.05) is 12.1 Å². The number of hydrogen-bond acceptors (Lipinski definition) is 4. The van der Waals surface area contributed by atoms with Crippen LogP contribution in [0, 0.1) is 0 Å². The maximum Gasteiger partial charge on any atom is 0.325 e. The Balaban J connectivity index is 2.45. The number of rotatable bonds is 8. The van der Waals surface area contributed by atoms with E-state index >= 15 is 0 Å². The molecule has 6 nitrogen and oxygen atoms in total. The van der Waals surface area contributed by atoms with E-state index in [-0.39, 0.29) is 18.4 Å². The smallest absolute Gasteiger partial charge is 0.325 e. The molecule has 126 valence electrons. The monoisotopic (exact) mass is 320 g/mol. The minimum absolute atomic E-state index is 0.126. The summed E-state index contributed by atoms with van der Waals surface area (Å²) < 4.78 is 4.48. The van der Waals surface area contributed by atoms with Gasteiger partial charge in [-0.2, -0.15) is 0 Å². The summed E-state index contributed by atoms with van der Waals surface area (Å²) in [7, 11) is 4.77. The number of nitrogens with one attached hydrogen (secondary N) is 1. The van der Waals surface area contributed by atoms with Crippen molar-refractivity contribution in [2.45, 2.75) is 25.7 Å². The number of esters is 1. The van der Waals surface area contributed by atoms with Crippen molar-refractivity contribution < 1.29 is 19.1 Å². The summed E-state index contributed by atoms with van der Waals surface area (Å²) >= 11 is 0. The molecule has 0 fully saturated rings. The highest BCUT2D eigenvalue weighted by molar-refractivity contribution is 5.96. The van der Waals surface area contributed by atoms with Crippen molar-refractivity contribution in [2.75, 3.05) is 27.7 Å². The van der Waals surface area contributed by atoms with Gasteiger partial charge in [0.15, 0.2) is 0 Å². The van der Waals surface area contributed by atoms with Crippen molar-refractivity contribution in [1.82, 2.24) is 10.2 Å². The van der Waals surface area contributed by atoms with Crippen LogP contribution in [0.15, 0.2) is 24.3 Å². The van der Waals surface area contributed by atoms with Gasteiger partial charge in [0.05, 0.1) is 7.11 Å². The first-order valence-electron chi connectivity index (χ1n) is 7.58. The number of aryl methyl sites for hydroxylation is 1. The molecule has 0 aromatic heterocycles. The largest absolute Gasteiger partial charge is 0.468 e. The second-order valence-corrected chi connectivity index (χ2v) is 5.45. The van der Waals surface area contributed by atoms with E-state index in [4.69, 9.17) is 0 Å².